The minimum Gasteiger partial charge on any atom is -0.357 e. The molecule has 1 aliphatic heterocycles. The number of anilines is 1. The molecule has 2 aromatic rings. The summed E-state index contributed by atoms with van der Waals surface area (Å²) in [6.45, 7) is 2.20. The number of hydrogen-bond donors (Lipinski definition) is 0. The first kappa shape index (κ1) is 10.3. The second kappa shape index (κ2) is 4.17. The van der Waals surface area contributed by atoms with Crippen LogP contribution in [0.1, 0.15) is 23.2 Å². The van der Waals surface area contributed by atoms with Crippen LogP contribution in [-0.2, 0) is 0 Å². The third-order valence-corrected chi connectivity index (χ3v) is 3.26. The highest BCUT2D eigenvalue weighted by atomic mass is 16.1. The van der Waals surface area contributed by atoms with Crippen molar-refractivity contribution in [2.24, 2.45) is 0 Å². The molecule has 3 rings (SSSR count). The number of carbonyl (C=O) groups excluding carboxylic acids is 1. The van der Waals surface area contributed by atoms with Crippen LogP contribution in [0.25, 0.3) is 10.9 Å². The van der Waals surface area contributed by atoms with Gasteiger partial charge >= 0.3 is 0 Å². The summed E-state index contributed by atoms with van der Waals surface area (Å²) in [5, 5.41) is 1.03. The van der Waals surface area contributed by atoms with Crippen LogP contribution in [0.2, 0.25) is 0 Å². The van der Waals surface area contributed by atoms with Crippen molar-refractivity contribution in [3.8, 4) is 0 Å². The van der Waals surface area contributed by atoms with E-state index in [1.165, 1.54) is 12.8 Å². The second-order valence-electron chi connectivity index (χ2n) is 4.43. The summed E-state index contributed by atoms with van der Waals surface area (Å²) < 4.78 is 0. The van der Waals surface area contributed by atoms with E-state index in [2.05, 4.69) is 9.88 Å². The fraction of sp³-hybridized carbons (Fsp3) is 0.286. The second-order valence-corrected chi connectivity index (χ2v) is 4.43. The number of carbonyl (C=O) groups is 1. The van der Waals surface area contributed by atoms with Crippen LogP contribution in [-0.4, -0.2) is 24.4 Å². The van der Waals surface area contributed by atoms with Crippen LogP contribution < -0.4 is 4.90 Å². The number of nitrogens with zero attached hydrogens (tertiary/aromatic N) is 2. The van der Waals surface area contributed by atoms with Gasteiger partial charge in [-0.05, 0) is 43.2 Å². The van der Waals surface area contributed by atoms with Crippen molar-refractivity contribution >= 4 is 23.0 Å². The quantitative estimate of drug-likeness (QED) is 0.738. The van der Waals surface area contributed by atoms with Crippen molar-refractivity contribution in [2.45, 2.75) is 12.8 Å². The fourth-order valence-corrected chi connectivity index (χ4v) is 2.33. The van der Waals surface area contributed by atoms with Crippen molar-refractivity contribution in [2.75, 3.05) is 18.0 Å². The zero-order chi connectivity index (χ0) is 11.7. The summed E-state index contributed by atoms with van der Waals surface area (Å²) in [6.07, 6.45) is 3.38. The van der Waals surface area contributed by atoms with E-state index in [1.54, 1.807) is 0 Å². The molecule has 0 aliphatic carbocycles. The van der Waals surface area contributed by atoms with Gasteiger partial charge in [-0.3, -0.25) is 4.79 Å². The first-order valence-electron chi connectivity index (χ1n) is 5.98. The van der Waals surface area contributed by atoms with Crippen molar-refractivity contribution < 1.29 is 4.79 Å². The molecule has 86 valence electrons. The summed E-state index contributed by atoms with van der Waals surface area (Å²) in [5.41, 5.74) is 1.66. The van der Waals surface area contributed by atoms with Gasteiger partial charge in [0.2, 0.25) is 0 Å². The number of benzene rings is 1. The number of rotatable bonds is 2. The first-order valence-corrected chi connectivity index (χ1v) is 5.98. The van der Waals surface area contributed by atoms with Gasteiger partial charge in [0.05, 0.1) is 5.52 Å². The average Bonchev–Trinajstić information content (AvgIpc) is 2.91. The molecule has 1 fully saturated rings. The Morgan fingerprint density at radius 2 is 1.94 bits per heavy atom. The lowest BCUT2D eigenvalue weighted by atomic mass is 10.1. The van der Waals surface area contributed by atoms with Crippen molar-refractivity contribution in [1.82, 2.24) is 4.98 Å². The SMILES string of the molecule is O=Cc1ccc2nc(N3CCCC3)ccc2c1. The summed E-state index contributed by atoms with van der Waals surface area (Å²) in [6, 6.07) is 9.70. The number of aldehydes is 1. The Morgan fingerprint density at radius 3 is 2.71 bits per heavy atom. The molecule has 1 saturated heterocycles. The molecule has 0 amide bonds. The average molecular weight is 226 g/mol. The Labute approximate surface area is 100 Å². The van der Waals surface area contributed by atoms with Gasteiger partial charge in [-0.15, -0.1) is 0 Å². The van der Waals surface area contributed by atoms with E-state index < -0.39 is 0 Å². The molecule has 0 atom stereocenters. The van der Waals surface area contributed by atoms with Crippen LogP contribution in [0, 0.1) is 0 Å². The predicted molar refractivity (Wildman–Crippen MR) is 68.6 cm³/mol. The van der Waals surface area contributed by atoms with Crippen LogP contribution >= 0.6 is 0 Å². The highest BCUT2D eigenvalue weighted by Crippen LogP contribution is 2.21. The number of hydrogen-bond acceptors (Lipinski definition) is 3. The van der Waals surface area contributed by atoms with E-state index in [9.17, 15) is 4.79 Å². The monoisotopic (exact) mass is 226 g/mol. The lowest BCUT2D eigenvalue weighted by Gasteiger charge is -2.16. The molecule has 0 radical (unpaired) electrons. The maximum Gasteiger partial charge on any atom is 0.150 e. The van der Waals surface area contributed by atoms with E-state index >= 15 is 0 Å². The molecule has 3 nitrogen and oxygen atoms in total. The van der Waals surface area contributed by atoms with Gasteiger partial charge in [0.25, 0.3) is 0 Å². The molecule has 17 heavy (non-hydrogen) atoms. The van der Waals surface area contributed by atoms with Gasteiger partial charge in [0.15, 0.2) is 0 Å². The molecule has 3 heteroatoms. The van der Waals surface area contributed by atoms with Crippen molar-refractivity contribution in [3.05, 3.63) is 35.9 Å². The molecule has 1 aliphatic rings. The number of fused-ring (bicyclic) bond motifs is 1. The van der Waals surface area contributed by atoms with Crippen molar-refractivity contribution in [3.63, 3.8) is 0 Å². The van der Waals surface area contributed by atoms with Gasteiger partial charge in [0, 0.05) is 24.0 Å². The smallest absolute Gasteiger partial charge is 0.150 e. The van der Waals surface area contributed by atoms with Crippen LogP contribution in [0.4, 0.5) is 5.82 Å². The molecule has 1 aromatic carbocycles. The van der Waals surface area contributed by atoms with Gasteiger partial charge in [-0.1, -0.05) is 0 Å². The third-order valence-electron chi connectivity index (χ3n) is 3.26. The Balaban J connectivity index is 2.03. The van der Waals surface area contributed by atoms with E-state index in [-0.39, 0.29) is 0 Å². The lowest BCUT2D eigenvalue weighted by molar-refractivity contribution is 0.112. The molecule has 1 aromatic heterocycles. The van der Waals surface area contributed by atoms with E-state index in [4.69, 9.17) is 0 Å². The zero-order valence-corrected chi connectivity index (χ0v) is 9.60. The molecule has 2 heterocycles. The largest absolute Gasteiger partial charge is 0.357 e. The van der Waals surface area contributed by atoms with Gasteiger partial charge in [-0.25, -0.2) is 4.98 Å². The van der Waals surface area contributed by atoms with E-state index in [1.807, 2.05) is 30.3 Å². The Morgan fingerprint density at radius 1 is 1.12 bits per heavy atom. The topological polar surface area (TPSA) is 33.2 Å². The highest BCUT2D eigenvalue weighted by Gasteiger charge is 2.13. The van der Waals surface area contributed by atoms with Gasteiger partial charge in [-0.2, -0.15) is 0 Å². The van der Waals surface area contributed by atoms with Crippen LogP contribution in [0.15, 0.2) is 30.3 Å². The van der Waals surface area contributed by atoms with E-state index in [0.29, 0.717) is 5.56 Å². The number of aromatic nitrogens is 1. The third kappa shape index (κ3) is 1.88. The first-order chi connectivity index (χ1) is 8.36. The molecule has 0 bridgehead atoms. The minimum atomic E-state index is 0.702. The molecule has 0 N–H and O–H groups in total. The van der Waals surface area contributed by atoms with Gasteiger partial charge in [0.1, 0.15) is 12.1 Å². The summed E-state index contributed by atoms with van der Waals surface area (Å²) >= 11 is 0. The van der Waals surface area contributed by atoms with Crippen LogP contribution in [0.5, 0.6) is 0 Å². The van der Waals surface area contributed by atoms with Crippen molar-refractivity contribution in [1.29, 1.82) is 0 Å². The molecule has 0 saturated carbocycles. The molecular formula is C14H14N2O. The molecule has 0 spiro atoms. The maximum atomic E-state index is 10.7. The summed E-state index contributed by atoms with van der Waals surface area (Å²) in [4.78, 5) is 17.7. The zero-order valence-electron chi connectivity index (χ0n) is 9.60. The summed E-state index contributed by atoms with van der Waals surface area (Å²) in [5.74, 6) is 1.05. The van der Waals surface area contributed by atoms with Gasteiger partial charge < -0.3 is 4.90 Å². The molecular weight excluding hydrogens is 212 g/mol. The minimum absolute atomic E-state index is 0.702. The molecule has 0 unspecified atom stereocenters. The fourth-order valence-electron chi connectivity index (χ4n) is 2.33. The summed E-state index contributed by atoms with van der Waals surface area (Å²) in [7, 11) is 0. The lowest BCUT2D eigenvalue weighted by Crippen LogP contribution is -2.18. The number of pyridine rings is 1. The Hall–Kier alpha value is -1.90. The Kier molecular flexibility index (Phi) is 2.52. The Bertz CT molecular complexity index is 559. The standard InChI is InChI=1S/C14H14N2O/c17-10-11-3-5-13-12(9-11)4-6-14(15-13)16-7-1-2-8-16/h3-6,9-10H,1-2,7-8H2. The highest BCUT2D eigenvalue weighted by molar-refractivity contribution is 5.87. The predicted octanol–water partition coefficient (Wildman–Crippen LogP) is 2.65. The normalized spacial score (nSPS) is 15.4. The van der Waals surface area contributed by atoms with Crippen LogP contribution in [0.3, 0.4) is 0 Å². The maximum absolute atomic E-state index is 10.7. The van der Waals surface area contributed by atoms with E-state index in [0.717, 1.165) is 36.1 Å².